The molecule has 25 heavy (non-hydrogen) atoms. The molecule has 1 aliphatic heterocycles. The standard InChI is InChI=1S/C15H21N3O6S/c1-15(2,3)24-14(19)17-9-8-16-10-13(17)25(22,23)12-6-4-11(5-7-12)18(20)21/h4-7,13,16H,8-10H2,1-3H3. The highest BCUT2D eigenvalue weighted by Gasteiger charge is 2.39. The Kier molecular flexibility index (Phi) is 5.33. The minimum absolute atomic E-state index is 0.0541. The highest BCUT2D eigenvalue weighted by Crippen LogP contribution is 2.24. The van der Waals surface area contributed by atoms with Crippen molar-refractivity contribution in [2.24, 2.45) is 0 Å². The number of carbonyl (C=O) groups excluding carboxylic acids is 1. The number of ether oxygens (including phenoxy) is 1. The first-order valence-corrected chi connectivity index (χ1v) is 9.26. The normalized spacial score (nSPS) is 18.7. The number of rotatable bonds is 3. The van der Waals surface area contributed by atoms with Gasteiger partial charge in [0.05, 0.1) is 9.82 Å². The highest BCUT2D eigenvalue weighted by molar-refractivity contribution is 7.92. The number of non-ortho nitro benzene ring substituents is 1. The van der Waals surface area contributed by atoms with Crippen molar-refractivity contribution in [3.05, 3.63) is 34.4 Å². The fourth-order valence-electron chi connectivity index (χ4n) is 2.40. The Hall–Kier alpha value is -2.20. The minimum atomic E-state index is -3.91. The number of hydrogen-bond acceptors (Lipinski definition) is 7. The Morgan fingerprint density at radius 2 is 1.92 bits per heavy atom. The van der Waals surface area contributed by atoms with Gasteiger partial charge in [-0.25, -0.2) is 13.2 Å². The third kappa shape index (κ3) is 4.45. The summed E-state index contributed by atoms with van der Waals surface area (Å²) in [5.41, 5.74) is -0.950. The second kappa shape index (κ2) is 6.96. The number of sulfone groups is 1. The molecule has 2 rings (SSSR count). The molecule has 0 aliphatic carbocycles. The number of nitrogens with one attached hydrogen (secondary N) is 1. The maximum atomic E-state index is 12.9. The zero-order chi connectivity index (χ0) is 18.8. The van der Waals surface area contributed by atoms with Gasteiger partial charge in [-0.05, 0) is 32.9 Å². The van der Waals surface area contributed by atoms with E-state index in [2.05, 4.69) is 5.32 Å². The molecule has 9 nitrogen and oxygen atoms in total. The van der Waals surface area contributed by atoms with Gasteiger partial charge >= 0.3 is 6.09 Å². The summed E-state index contributed by atoms with van der Waals surface area (Å²) in [6.07, 6.45) is -0.704. The molecule has 0 spiro atoms. The van der Waals surface area contributed by atoms with Gasteiger partial charge in [0.1, 0.15) is 5.60 Å². The molecule has 0 bridgehead atoms. The molecule has 1 aliphatic rings. The van der Waals surface area contributed by atoms with Crippen molar-refractivity contribution < 1.29 is 22.9 Å². The van der Waals surface area contributed by atoms with Crippen molar-refractivity contribution in [2.45, 2.75) is 36.6 Å². The third-order valence-electron chi connectivity index (χ3n) is 3.56. The van der Waals surface area contributed by atoms with Crippen LogP contribution < -0.4 is 5.32 Å². The average molecular weight is 371 g/mol. The number of carbonyl (C=O) groups is 1. The Labute approximate surface area is 146 Å². The van der Waals surface area contributed by atoms with Gasteiger partial charge in [0.25, 0.3) is 5.69 Å². The van der Waals surface area contributed by atoms with E-state index in [9.17, 15) is 23.3 Å². The van der Waals surface area contributed by atoms with Gasteiger partial charge in [0, 0.05) is 31.8 Å². The van der Waals surface area contributed by atoms with Crippen molar-refractivity contribution >= 4 is 21.6 Å². The quantitative estimate of drug-likeness (QED) is 0.632. The van der Waals surface area contributed by atoms with E-state index in [1.54, 1.807) is 20.8 Å². The van der Waals surface area contributed by atoms with Crippen LogP contribution in [0.15, 0.2) is 29.2 Å². The molecule has 1 N–H and O–H groups in total. The topological polar surface area (TPSA) is 119 Å². The summed E-state index contributed by atoms with van der Waals surface area (Å²) in [5, 5.41) is 12.5. The van der Waals surface area contributed by atoms with Crippen LogP contribution in [-0.2, 0) is 14.6 Å². The molecule has 1 heterocycles. The Morgan fingerprint density at radius 1 is 1.32 bits per heavy atom. The largest absolute Gasteiger partial charge is 0.444 e. The maximum Gasteiger partial charge on any atom is 0.411 e. The number of benzene rings is 1. The molecule has 1 amide bonds. The van der Waals surface area contributed by atoms with Gasteiger partial charge < -0.3 is 10.1 Å². The minimum Gasteiger partial charge on any atom is -0.444 e. The van der Waals surface area contributed by atoms with Gasteiger partial charge in [0.2, 0.25) is 9.84 Å². The summed E-state index contributed by atoms with van der Waals surface area (Å²) in [7, 11) is -3.91. The van der Waals surface area contributed by atoms with Crippen LogP contribution in [0.5, 0.6) is 0 Å². The number of nitro benzene ring substituents is 1. The lowest BCUT2D eigenvalue weighted by atomic mass is 10.2. The molecule has 1 saturated heterocycles. The van der Waals surface area contributed by atoms with Crippen LogP contribution in [0, 0.1) is 10.1 Å². The predicted octanol–water partition coefficient (Wildman–Crippen LogP) is 1.53. The lowest BCUT2D eigenvalue weighted by Gasteiger charge is -2.36. The number of hydrogen-bond donors (Lipinski definition) is 1. The Balaban J connectivity index is 2.31. The van der Waals surface area contributed by atoms with Gasteiger partial charge in [-0.1, -0.05) is 0 Å². The molecule has 1 fully saturated rings. The molecule has 1 unspecified atom stereocenters. The summed E-state index contributed by atoms with van der Waals surface area (Å²) in [6, 6.07) is 4.60. The molecular weight excluding hydrogens is 350 g/mol. The van der Waals surface area contributed by atoms with E-state index in [-0.39, 0.29) is 23.7 Å². The van der Waals surface area contributed by atoms with Crippen LogP contribution >= 0.6 is 0 Å². The SMILES string of the molecule is CC(C)(C)OC(=O)N1CCNCC1S(=O)(=O)c1ccc([N+](=O)[O-])cc1. The molecule has 1 aromatic rings. The fourth-order valence-corrected chi connectivity index (χ4v) is 4.09. The van der Waals surface area contributed by atoms with Gasteiger partial charge in [-0.3, -0.25) is 15.0 Å². The fraction of sp³-hybridized carbons (Fsp3) is 0.533. The van der Waals surface area contributed by atoms with Crippen molar-refractivity contribution in [3.63, 3.8) is 0 Å². The van der Waals surface area contributed by atoms with E-state index < -0.39 is 31.8 Å². The van der Waals surface area contributed by atoms with Crippen LogP contribution in [0.3, 0.4) is 0 Å². The third-order valence-corrected chi connectivity index (χ3v) is 5.63. The van der Waals surface area contributed by atoms with E-state index in [1.807, 2.05) is 0 Å². The van der Waals surface area contributed by atoms with E-state index in [0.29, 0.717) is 6.54 Å². The summed E-state index contributed by atoms with van der Waals surface area (Å²) < 4.78 is 31.1. The zero-order valence-corrected chi connectivity index (χ0v) is 15.1. The first-order valence-electron chi connectivity index (χ1n) is 7.71. The molecule has 10 heteroatoms. The van der Waals surface area contributed by atoms with Crippen molar-refractivity contribution in [3.8, 4) is 0 Å². The van der Waals surface area contributed by atoms with Gasteiger partial charge in [-0.2, -0.15) is 0 Å². The van der Waals surface area contributed by atoms with Crippen LogP contribution in [-0.4, -0.2) is 54.9 Å². The second-order valence-corrected chi connectivity index (χ2v) is 8.73. The molecule has 138 valence electrons. The van der Waals surface area contributed by atoms with E-state index in [0.717, 1.165) is 12.1 Å². The van der Waals surface area contributed by atoms with Crippen LogP contribution in [0.2, 0.25) is 0 Å². The maximum absolute atomic E-state index is 12.9. The van der Waals surface area contributed by atoms with Crippen LogP contribution in [0.25, 0.3) is 0 Å². The van der Waals surface area contributed by atoms with Crippen LogP contribution in [0.1, 0.15) is 20.8 Å². The van der Waals surface area contributed by atoms with E-state index >= 15 is 0 Å². The molecule has 1 atom stereocenters. The Morgan fingerprint density at radius 3 is 2.44 bits per heavy atom. The first kappa shape index (κ1) is 19.1. The Bertz CT molecular complexity index is 754. The summed E-state index contributed by atoms with van der Waals surface area (Å²) in [5.74, 6) is 0. The first-order chi connectivity index (χ1) is 11.5. The lowest BCUT2D eigenvalue weighted by molar-refractivity contribution is -0.384. The molecule has 0 saturated carbocycles. The molecule has 1 aromatic carbocycles. The molecule has 0 aromatic heterocycles. The summed E-state index contributed by atoms with van der Waals surface area (Å²) >= 11 is 0. The number of piperazine rings is 1. The van der Waals surface area contributed by atoms with Gasteiger partial charge in [0.15, 0.2) is 5.37 Å². The summed E-state index contributed by atoms with van der Waals surface area (Å²) in [4.78, 5) is 23.6. The number of nitrogens with zero attached hydrogens (tertiary/aromatic N) is 2. The zero-order valence-electron chi connectivity index (χ0n) is 14.3. The van der Waals surface area contributed by atoms with Crippen molar-refractivity contribution in [1.82, 2.24) is 10.2 Å². The lowest BCUT2D eigenvalue weighted by Crippen LogP contribution is -2.57. The van der Waals surface area contributed by atoms with Gasteiger partial charge in [-0.15, -0.1) is 0 Å². The second-order valence-electron chi connectivity index (χ2n) is 6.63. The van der Waals surface area contributed by atoms with Crippen molar-refractivity contribution in [2.75, 3.05) is 19.6 Å². The van der Waals surface area contributed by atoms with E-state index in [4.69, 9.17) is 4.74 Å². The van der Waals surface area contributed by atoms with Crippen LogP contribution in [0.4, 0.5) is 10.5 Å². The van der Waals surface area contributed by atoms with E-state index in [1.165, 1.54) is 17.0 Å². The summed E-state index contributed by atoms with van der Waals surface area (Å²) in [6.45, 7) is 5.79. The predicted molar refractivity (Wildman–Crippen MR) is 89.9 cm³/mol. The highest BCUT2D eigenvalue weighted by atomic mass is 32.2. The molecular formula is C15H21N3O6S. The number of amides is 1. The smallest absolute Gasteiger partial charge is 0.411 e. The monoisotopic (exact) mass is 371 g/mol. The average Bonchev–Trinajstić information content (AvgIpc) is 2.53. The molecule has 0 radical (unpaired) electrons. The number of nitro groups is 1. The van der Waals surface area contributed by atoms with Crippen molar-refractivity contribution in [1.29, 1.82) is 0 Å².